The largest absolute Gasteiger partial charge is 0.486 e. The van der Waals surface area contributed by atoms with Gasteiger partial charge in [-0.1, -0.05) is 12.2 Å². The number of aromatic nitrogens is 1. The average Bonchev–Trinajstić information content (AvgIpc) is 2.69. The maximum atomic E-state index is 9.55. The summed E-state index contributed by atoms with van der Waals surface area (Å²) in [6, 6.07) is 3.83. The third kappa shape index (κ3) is 7.58. The number of aliphatic carboxylic acids is 2. The van der Waals surface area contributed by atoms with E-state index in [-0.39, 0.29) is 6.10 Å². The Morgan fingerprint density at radius 3 is 2.54 bits per heavy atom. The molecule has 1 aromatic rings. The van der Waals surface area contributed by atoms with Crippen molar-refractivity contribution in [2.24, 2.45) is 0 Å². The van der Waals surface area contributed by atoms with E-state index >= 15 is 0 Å². The number of thiocarbonyl (C=S) groups is 1. The fraction of sp³-hybridized carbons (Fsp3) is 0.412. The monoisotopic (exact) mass is 381 g/mol. The molecule has 2 rings (SSSR count). The number of hydrogen-bond donors (Lipinski definition) is 2. The zero-order valence-corrected chi connectivity index (χ0v) is 15.8. The van der Waals surface area contributed by atoms with Gasteiger partial charge in [0.1, 0.15) is 22.5 Å². The third-order valence-electron chi connectivity index (χ3n) is 3.36. The molecule has 142 valence electrons. The van der Waals surface area contributed by atoms with Gasteiger partial charge in [0.05, 0.1) is 6.54 Å². The van der Waals surface area contributed by atoms with Crippen LogP contribution in [0.5, 0.6) is 5.75 Å². The van der Waals surface area contributed by atoms with Crippen LogP contribution in [0.1, 0.15) is 12.1 Å². The molecular formula is C17H23N3O5S. The van der Waals surface area contributed by atoms with Crippen molar-refractivity contribution >= 4 is 29.1 Å². The van der Waals surface area contributed by atoms with Crippen LogP contribution in [0.15, 0.2) is 30.5 Å². The predicted octanol–water partition coefficient (Wildman–Crippen LogP) is 1.11. The summed E-state index contributed by atoms with van der Waals surface area (Å²) in [5.41, 5.74) is 0.780. The van der Waals surface area contributed by atoms with E-state index in [0.717, 1.165) is 35.9 Å². The van der Waals surface area contributed by atoms with Gasteiger partial charge in [0.15, 0.2) is 0 Å². The molecule has 0 radical (unpaired) electrons. The Labute approximate surface area is 157 Å². The molecule has 0 saturated heterocycles. The van der Waals surface area contributed by atoms with Gasteiger partial charge in [0.2, 0.25) is 0 Å². The number of nitrogens with zero attached hydrogens (tertiary/aromatic N) is 3. The van der Waals surface area contributed by atoms with Gasteiger partial charge >= 0.3 is 11.9 Å². The second kappa shape index (κ2) is 10.5. The fourth-order valence-electron chi connectivity index (χ4n) is 2.13. The third-order valence-corrected chi connectivity index (χ3v) is 3.86. The lowest BCUT2D eigenvalue weighted by atomic mass is 10.2. The van der Waals surface area contributed by atoms with Crippen molar-refractivity contribution in [1.29, 1.82) is 0 Å². The lowest BCUT2D eigenvalue weighted by molar-refractivity contribution is -0.134. The molecule has 0 spiro atoms. The molecule has 0 saturated carbocycles. The number of rotatable bonds is 5. The first-order valence-electron chi connectivity index (χ1n) is 7.86. The number of pyridine rings is 1. The van der Waals surface area contributed by atoms with E-state index in [2.05, 4.69) is 28.9 Å². The van der Waals surface area contributed by atoms with Crippen LogP contribution < -0.4 is 4.74 Å². The summed E-state index contributed by atoms with van der Waals surface area (Å²) in [4.78, 5) is 28.4. The Morgan fingerprint density at radius 2 is 2.00 bits per heavy atom. The normalized spacial score (nSPS) is 16.4. The lowest BCUT2D eigenvalue weighted by Gasteiger charge is -2.22. The second-order valence-corrected chi connectivity index (χ2v) is 6.26. The van der Waals surface area contributed by atoms with E-state index < -0.39 is 11.9 Å². The van der Waals surface area contributed by atoms with Crippen LogP contribution >= 0.6 is 12.2 Å². The van der Waals surface area contributed by atoms with E-state index in [0.29, 0.717) is 12.2 Å². The molecule has 2 N–H and O–H groups in total. The molecule has 0 aromatic carbocycles. The summed E-state index contributed by atoms with van der Waals surface area (Å²) >= 11 is 5.43. The number of likely N-dealkylation sites (N-methyl/N-ethyl adjacent to an activating group) is 1. The van der Waals surface area contributed by atoms with Crippen molar-refractivity contribution in [3.8, 4) is 5.75 Å². The number of carboxylic acid groups (broad SMARTS) is 2. The van der Waals surface area contributed by atoms with Crippen LogP contribution in [0, 0.1) is 0 Å². The highest BCUT2D eigenvalue weighted by molar-refractivity contribution is 7.80. The smallest absolute Gasteiger partial charge is 0.328 e. The quantitative estimate of drug-likeness (QED) is 0.573. The number of fused-ring (bicyclic) bond motifs is 1. The molecule has 0 fully saturated rings. The highest BCUT2D eigenvalue weighted by atomic mass is 32.1. The summed E-state index contributed by atoms with van der Waals surface area (Å²) < 4.78 is 6.03. The lowest BCUT2D eigenvalue weighted by Crippen LogP contribution is -2.35. The van der Waals surface area contributed by atoms with Gasteiger partial charge in [-0.05, 0) is 32.6 Å². The van der Waals surface area contributed by atoms with Crippen LogP contribution in [0.25, 0.3) is 0 Å². The number of carbonyl (C=O) groups is 2. The fourth-order valence-corrected chi connectivity index (χ4v) is 2.36. The van der Waals surface area contributed by atoms with Gasteiger partial charge in [-0.3, -0.25) is 0 Å². The van der Waals surface area contributed by atoms with E-state index in [1.165, 1.54) is 0 Å². The van der Waals surface area contributed by atoms with Crippen molar-refractivity contribution < 1.29 is 24.5 Å². The summed E-state index contributed by atoms with van der Waals surface area (Å²) in [5, 5.41) is 15.6. The molecule has 0 aliphatic carbocycles. The van der Waals surface area contributed by atoms with Gasteiger partial charge in [-0.2, -0.15) is 0 Å². The number of hydrogen-bond acceptors (Lipinski definition) is 6. The first kappa shape index (κ1) is 21.5. The molecule has 8 nitrogen and oxygen atoms in total. The first-order valence-corrected chi connectivity index (χ1v) is 8.27. The zero-order valence-electron chi connectivity index (χ0n) is 15.0. The Morgan fingerprint density at radius 1 is 1.38 bits per heavy atom. The number of ether oxygens (including phenoxy) is 1. The molecule has 1 aromatic heterocycles. The Bertz CT molecular complexity index is 662. The molecule has 1 atom stereocenters. The maximum absolute atomic E-state index is 9.55. The van der Waals surface area contributed by atoms with Gasteiger partial charge in [-0.15, -0.1) is 0 Å². The van der Waals surface area contributed by atoms with E-state index in [1.54, 1.807) is 6.20 Å². The molecule has 26 heavy (non-hydrogen) atoms. The molecule has 1 unspecified atom stereocenters. The van der Waals surface area contributed by atoms with Crippen LogP contribution in [-0.2, 0) is 9.59 Å². The van der Waals surface area contributed by atoms with Crippen LogP contribution in [-0.4, -0.2) is 82.3 Å². The Kier molecular flexibility index (Phi) is 8.66. The van der Waals surface area contributed by atoms with Crippen molar-refractivity contribution in [3.05, 3.63) is 36.2 Å². The van der Waals surface area contributed by atoms with Crippen molar-refractivity contribution in [3.63, 3.8) is 0 Å². The van der Waals surface area contributed by atoms with Gasteiger partial charge in [0, 0.05) is 31.9 Å². The minimum absolute atomic E-state index is 0.154. The summed E-state index contributed by atoms with van der Waals surface area (Å²) in [6.07, 6.45) is 4.00. The van der Waals surface area contributed by atoms with Crippen LogP contribution in [0.4, 0.5) is 0 Å². The molecule has 0 bridgehead atoms. The molecule has 1 aliphatic rings. The Hall–Kier alpha value is -2.52. The van der Waals surface area contributed by atoms with E-state index in [4.69, 9.17) is 27.2 Å². The van der Waals surface area contributed by atoms with Crippen molar-refractivity contribution in [1.82, 2.24) is 14.8 Å². The molecule has 0 amide bonds. The van der Waals surface area contributed by atoms with Gasteiger partial charge in [0.25, 0.3) is 0 Å². The van der Waals surface area contributed by atoms with Crippen molar-refractivity contribution in [2.45, 2.75) is 12.5 Å². The highest BCUT2D eigenvalue weighted by Gasteiger charge is 2.24. The minimum Gasteiger partial charge on any atom is -0.486 e. The Balaban J connectivity index is 0.000000359. The van der Waals surface area contributed by atoms with Gasteiger partial charge < -0.3 is 24.7 Å². The maximum Gasteiger partial charge on any atom is 0.328 e. The predicted molar refractivity (Wildman–Crippen MR) is 101 cm³/mol. The zero-order chi connectivity index (χ0) is 19.7. The summed E-state index contributed by atoms with van der Waals surface area (Å²) in [6.45, 7) is 1.81. The van der Waals surface area contributed by atoms with Gasteiger partial charge in [-0.25, -0.2) is 14.6 Å². The standard InChI is InChI=1S/C13H19N3OS.C4H4O4/c1-15(2)8-6-10-9-16(3)13(18)12-11(17-10)5-4-7-14-12;5-3(6)1-2-4(7)8/h4-5,7,10H,6,8-9H2,1-3H3;1-2H,(H,5,6)(H,7,8)/b;2-1+. The van der Waals surface area contributed by atoms with Crippen molar-refractivity contribution in [2.75, 3.05) is 34.2 Å². The second-order valence-electron chi connectivity index (χ2n) is 5.88. The van der Waals surface area contributed by atoms with Crippen LogP contribution in [0.3, 0.4) is 0 Å². The topological polar surface area (TPSA) is 103 Å². The summed E-state index contributed by atoms with van der Waals surface area (Å²) in [5.74, 6) is -1.71. The highest BCUT2D eigenvalue weighted by Crippen LogP contribution is 2.23. The first-order chi connectivity index (χ1) is 12.2. The average molecular weight is 381 g/mol. The molecule has 2 heterocycles. The van der Waals surface area contributed by atoms with E-state index in [9.17, 15) is 9.59 Å². The van der Waals surface area contributed by atoms with Crippen LogP contribution in [0.2, 0.25) is 0 Å². The summed E-state index contributed by atoms with van der Waals surface area (Å²) in [7, 11) is 6.14. The SMILES string of the molecule is CN(C)CCC1CN(C)C(=S)c2ncccc2O1.O=C(O)/C=C/C(=O)O. The molecule has 9 heteroatoms. The van der Waals surface area contributed by atoms with E-state index in [1.807, 2.05) is 19.2 Å². The minimum atomic E-state index is -1.26. The molecular weight excluding hydrogens is 358 g/mol. The molecule has 1 aliphatic heterocycles. The number of carboxylic acids is 2.